The molecular formula is C17H17ClN4O. The van der Waals surface area contributed by atoms with Gasteiger partial charge in [-0.15, -0.1) is 0 Å². The van der Waals surface area contributed by atoms with Crippen molar-refractivity contribution in [2.24, 2.45) is 7.05 Å². The molecule has 0 N–H and O–H groups in total. The van der Waals surface area contributed by atoms with Crippen LogP contribution in [0.2, 0.25) is 5.02 Å². The van der Waals surface area contributed by atoms with Crippen LogP contribution < -0.4 is 0 Å². The van der Waals surface area contributed by atoms with E-state index in [0.29, 0.717) is 17.1 Å². The molecule has 3 aromatic rings. The van der Waals surface area contributed by atoms with Crippen molar-refractivity contribution in [1.82, 2.24) is 19.2 Å². The molecule has 0 aliphatic rings. The molecule has 5 nitrogen and oxygen atoms in total. The van der Waals surface area contributed by atoms with E-state index in [2.05, 4.69) is 5.10 Å². The van der Waals surface area contributed by atoms with Gasteiger partial charge in [-0.05, 0) is 23.8 Å². The number of amides is 1. The molecule has 1 aromatic carbocycles. The third kappa shape index (κ3) is 3.00. The van der Waals surface area contributed by atoms with Crippen LogP contribution >= 0.6 is 11.6 Å². The standard InChI is InChI=1S/C17H17ClN4O/c1-20(12-13-7-3-4-8-15(13)18)17(23)14-11-19-21(2)16(14)22-9-5-6-10-22/h3-11H,12H2,1-2H3. The molecule has 2 heterocycles. The van der Waals surface area contributed by atoms with Gasteiger partial charge in [-0.3, -0.25) is 9.48 Å². The van der Waals surface area contributed by atoms with E-state index < -0.39 is 0 Å². The Labute approximate surface area is 139 Å². The molecule has 0 spiro atoms. The predicted molar refractivity (Wildman–Crippen MR) is 89.8 cm³/mol. The molecule has 118 valence electrons. The molecule has 0 fully saturated rings. The molecule has 0 aliphatic heterocycles. The van der Waals surface area contributed by atoms with Gasteiger partial charge < -0.3 is 9.47 Å². The summed E-state index contributed by atoms with van der Waals surface area (Å²) in [6.07, 6.45) is 5.38. The minimum atomic E-state index is -0.0956. The summed E-state index contributed by atoms with van der Waals surface area (Å²) < 4.78 is 3.57. The van der Waals surface area contributed by atoms with Crippen LogP contribution in [0.25, 0.3) is 5.82 Å². The first-order valence-corrected chi connectivity index (χ1v) is 7.60. The lowest BCUT2D eigenvalue weighted by Gasteiger charge is -2.18. The Kier molecular flexibility index (Phi) is 4.21. The van der Waals surface area contributed by atoms with Crippen LogP contribution in [0.5, 0.6) is 0 Å². The van der Waals surface area contributed by atoms with Crippen molar-refractivity contribution < 1.29 is 4.79 Å². The highest BCUT2D eigenvalue weighted by Gasteiger charge is 2.21. The summed E-state index contributed by atoms with van der Waals surface area (Å²) in [5.41, 5.74) is 1.47. The fraction of sp³-hybridized carbons (Fsp3) is 0.176. The maximum atomic E-state index is 12.8. The van der Waals surface area contributed by atoms with Gasteiger partial charge >= 0.3 is 0 Å². The molecular weight excluding hydrogens is 312 g/mol. The van der Waals surface area contributed by atoms with E-state index in [1.54, 1.807) is 22.8 Å². The minimum absolute atomic E-state index is 0.0956. The van der Waals surface area contributed by atoms with E-state index in [4.69, 9.17) is 11.6 Å². The summed E-state index contributed by atoms with van der Waals surface area (Å²) in [5.74, 6) is 0.646. The Morgan fingerprint density at radius 3 is 2.61 bits per heavy atom. The van der Waals surface area contributed by atoms with Crippen molar-refractivity contribution in [3.05, 3.63) is 71.1 Å². The molecule has 0 unspecified atom stereocenters. The van der Waals surface area contributed by atoms with Crippen molar-refractivity contribution in [2.75, 3.05) is 7.05 Å². The number of rotatable bonds is 4. The maximum Gasteiger partial charge on any atom is 0.259 e. The molecule has 0 radical (unpaired) electrons. The van der Waals surface area contributed by atoms with Gasteiger partial charge in [-0.2, -0.15) is 5.10 Å². The molecule has 3 rings (SSSR count). The highest BCUT2D eigenvalue weighted by Crippen LogP contribution is 2.20. The Bertz CT molecular complexity index is 823. The number of aryl methyl sites for hydroxylation is 1. The van der Waals surface area contributed by atoms with Gasteiger partial charge in [0.2, 0.25) is 0 Å². The topological polar surface area (TPSA) is 43.1 Å². The highest BCUT2D eigenvalue weighted by molar-refractivity contribution is 6.31. The molecule has 0 saturated heterocycles. The second-order valence-corrected chi connectivity index (χ2v) is 5.76. The Morgan fingerprint density at radius 1 is 1.22 bits per heavy atom. The van der Waals surface area contributed by atoms with Gasteiger partial charge in [-0.1, -0.05) is 29.8 Å². The number of carbonyl (C=O) groups excluding carboxylic acids is 1. The molecule has 1 amide bonds. The summed E-state index contributed by atoms with van der Waals surface area (Å²) in [7, 11) is 3.58. The average molecular weight is 329 g/mol. The third-order valence-corrected chi connectivity index (χ3v) is 4.07. The summed E-state index contributed by atoms with van der Waals surface area (Å²) in [5, 5.41) is 4.88. The second kappa shape index (κ2) is 6.30. The van der Waals surface area contributed by atoms with Crippen molar-refractivity contribution in [3.8, 4) is 5.82 Å². The number of aromatic nitrogens is 3. The Balaban J connectivity index is 1.88. The zero-order valence-electron chi connectivity index (χ0n) is 13.0. The van der Waals surface area contributed by atoms with Crippen LogP contribution in [0.4, 0.5) is 0 Å². The van der Waals surface area contributed by atoms with Gasteiger partial charge in [0.05, 0.1) is 6.20 Å². The third-order valence-electron chi connectivity index (χ3n) is 3.70. The van der Waals surface area contributed by atoms with E-state index in [0.717, 1.165) is 11.4 Å². The smallest absolute Gasteiger partial charge is 0.259 e. The van der Waals surface area contributed by atoms with E-state index in [-0.39, 0.29) is 5.91 Å². The fourth-order valence-corrected chi connectivity index (χ4v) is 2.72. The zero-order chi connectivity index (χ0) is 16.4. The SMILES string of the molecule is CN(Cc1ccccc1Cl)C(=O)c1cnn(C)c1-n1cccc1. The quantitative estimate of drug-likeness (QED) is 0.738. The normalized spacial score (nSPS) is 10.7. The average Bonchev–Trinajstić information content (AvgIpc) is 3.17. The minimum Gasteiger partial charge on any atom is -0.337 e. The van der Waals surface area contributed by atoms with Crippen molar-refractivity contribution in [1.29, 1.82) is 0 Å². The summed E-state index contributed by atoms with van der Waals surface area (Å²) in [6.45, 7) is 0.443. The lowest BCUT2D eigenvalue weighted by Crippen LogP contribution is -2.27. The lowest BCUT2D eigenvalue weighted by atomic mass is 10.2. The lowest BCUT2D eigenvalue weighted by molar-refractivity contribution is 0.0785. The summed E-state index contributed by atoms with van der Waals surface area (Å²) in [6, 6.07) is 11.4. The van der Waals surface area contributed by atoms with Gasteiger partial charge in [-0.25, -0.2) is 0 Å². The monoisotopic (exact) mass is 328 g/mol. The Hall–Kier alpha value is -2.53. The summed E-state index contributed by atoms with van der Waals surface area (Å²) in [4.78, 5) is 14.4. The van der Waals surface area contributed by atoms with Crippen LogP contribution in [0.15, 0.2) is 55.0 Å². The maximum absolute atomic E-state index is 12.8. The van der Waals surface area contributed by atoms with E-state index in [1.807, 2.05) is 60.4 Å². The number of hydrogen-bond donors (Lipinski definition) is 0. The van der Waals surface area contributed by atoms with E-state index >= 15 is 0 Å². The van der Waals surface area contributed by atoms with Gasteiger partial charge in [0.15, 0.2) is 0 Å². The fourth-order valence-electron chi connectivity index (χ4n) is 2.52. The van der Waals surface area contributed by atoms with Gasteiger partial charge in [0, 0.05) is 38.1 Å². The molecule has 0 atom stereocenters. The van der Waals surface area contributed by atoms with Crippen LogP contribution in [0, 0.1) is 0 Å². The molecule has 0 bridgehead atoms. The first-order valence-electron chi connectivity index (χ1n) is 7.22. The Morgan fingerprint density at radius 2 is 1.91 bits per heavy atom. The first-order chi connectivity index (χ1) is 11.1. The molecule has 0 saturated carbocycles. The van der Waals surface area contributed by atoms with Gasteiger partial charge in [0.1, 0.15) is 11.4 Å². The van der Waals surface area contributed by atoms with Crippen LogP contribution in [-0.2, 0) is 13.6 Å². The van der Waals surface area contributed by atoms with Crippen LogP contribution in [-0.4, -0.2) is 32.2 Å². The second-order valence-electron chi connectivity index (χ2n) is 5.35. The highest BCUT2D eigenvalue weighted by atomic mass is 35.5. The van der Waals surface area contributed by atoms with Crippen molar-refractivity contribution in [2.45, 2.75) is 6.54 Å². The van der Waals surface area contributed by atoms with Crippen molar-refractivity contribution in [3.63, 3.8) is 0 Å². The number of benzene rings is 1. The summed E-state index contributed by atoms with van der Waals surface area (Å²) >= 11 is 6.18. The van der Waals surface area contributed by atoms with Crippen LogP contribution in [0.3, 0.4) is 0 Å². The molecule has 2 aromatic heterocycles. The largest absolute Gasteiger partial charge is 0.337 e. The number of halogens is 1. The number of carbonyl (C=O) groups is 1. The van der Waals surface area contributed by atoms with Crippen molar-refractivity contribution >= 4 is 17.5 Å². The first kappa shape index (κ1) is 15.4. The van der Waals surface area contributed by atoms with E-state index in [9.17, 15) is 4.79 Å². The predicted octanol–water partition coefficient (Wildman–Crippen LogP) is 3.14. The van der Waals surface area contributed by atoms with Crippen LogP contribution in [0.1, 0.15) is 15.9 Å². The number of hydrogen-bond acceptors (Lipinski definition) is 2. The zero-order valence-corrected chi connectivity index (χ0v) is 13.7. The van der Waals surface area contributed by atoms with E-state index in [1.165, 1.54) is 0 Å². The molecule has 23 heavy (non-hydrogen) atoms. The molecule has 0 aliphatic carbocycles. The van der Waals surface area contributed by atoms with Gasteiger partial charge in [0.25, 0.3) is 5.91 Å². The molecule has 6 heteroatoms. The number of nitrogens with zero attached hydrogens (tertiary/aromatic N) is 4.